The van der Waals surface area contributed by atoms with E-state index in [1.54, 1.807) is 7.11 Å². The number of hydrogen-bond donors (Lipinski definition) is 1. The van der Waals surface area contributed by atoms with Gasteiger partial charge in [0.1, 0.15) is 5.75 Å². The van der Waals surface area contributed by atoms with Gasteiger partial charge in [0.25, 0.3) is 0 Å². The predicted octanol–water partition coefficient (Wildman–Crippen LogP) is 3.96. The Balaban J connectivity index is 2.36. The van der Waals surface area contributed by atoms with Crippen molar-refractivity contribution in [3.63, 3.8) is 0 Å². The molecule has 1 aromatic carbocycles. The second-order valence-electron chi connectivity index (χ2n) is 6.54. The molecule has 1 atom stereocenters. The molecule has 0 heterocycles. The van der Waals surface area contributed by atoms with Gasteiger partial charge < -0.3 is 10.1 Å². The van der Waals surface area contributed by atoms with Gasteiger partial charge in [0.05, 0.1) is 7.11 Å². The summed E-state index contributed by atoms with van der Waals surface area (Å²) >= 11 is 0. The lowest BCUT2D eigenvalue weighted by atomic mass is 9.84. The van der Waals surface area contributed by atoms with Gasteiger partial charge in [0.15, 0.2) is 0 Å². The summed E-state index contributed by atoms with van der Waals surface area (Å²) in [6, 6.07) is 8.10. The fourth-order valence-corrected chi connectivity index (χ4v) is 2.42. The predicted molar refractivity (Wildman–Crippen MR) is 87.6 cm³/mol. The van der Waals surface area contributed by atoms with Gasteiger partial charge in [-0.15, -0.1) is 0 Å². The fourth-order valence-electron chi connectivity index (χ4n) is 2.42. The molecule has 1 amide bonds. The van der Waals surface area contributed by atoms with E-state index >= 15 is 0 Å². The standard InChI is InChI=1S/C18H29NO2/c1-6-18(3,4)13-14(2)19-17(20)12-9-15-7-10-16(21-5)11-8-15/h7-8,10-11,14H,6,9,12-13H2,1-5H3,(H,19,20). The second-order valence-corrected chi connectivity index (χ2v) is 6.54. The van der Waals surface area contributed by atoms with Crippen LogP contribution in [0.3, 0.4) is 0 Å². The first-order chi connectivity index (χ1) is 9.86. The van der Waals surface area contributed by atoms with Crippen molar-refractivity contribution < 1.29 is 9.53 Å². The van der Waals surface area contributed by atoms with Crippen LogP contribution in [0, 0.1) is 5.41 Å². The number of carbonyl (C=O) groups excluding carboxylic acids is 1. The molecule has 0 aromatic heterocycles. The SMILES string of the molecule is CCC(C)(C)CC(C)NC(=O)CCc1ccc(OC)cc1. The van der Waals surface area contributed by atoms with Crippen molar-refractivity contribution in [3.05, 3.63) is 29.8 Å². The Morgan fingerprint density at radius 1 is 1.29 bits per heavy atom. The maximum absolute atomic E-state index is 12.0. The van der Waals surface area contributed by atoms with Crippen molar-refractivity contribution in [1.82, 2.24) is 5.32 Å². The molecule has 0 aliphatic carbocycles. The summed E-state index contributed by atoms with van der Waals surface area (Å²) in [5.74, 6) is 0.976. The van der Waals surface area contributed by atoms with Crippen LogP contribution < -0.4 is 10.1 Å². The van der Waals surface area contributed by atoms with Crippen LogP contribution in [-0.4, -0.2) is 19.1 Å². The molecule has 0 bridgehead atoms. The van der Waals surface area contributed by atoms with Crippen LogP contribution in [0.2, 0.25) is 0 Å². The smallest absolute Gasteiger partial charge is 0.220 e. The van der Waals surface area contributed by atoms with Crippen LogP contribution in [0.5, 0.6) is 5.75 Å². The van der Waals surface area contributed by atoms with Crippen LogP contribution in [0.1, 0.15) is 52.5 Å². The topological polar surface area (TPSA) is 38.3 Å². The van der Waals surface area contributed by atoms with Crippen LogP contribution in [0.4, 0.5) is 0 Å². The van der Waals surface area contributed by atoms with E-state index < -0.39 is 0 Å². The molecule has 1 aromatic rings. The number of benzene rings is 1. The van der Waals surface area contributed by atoms with Gasteiger partial charge in [-0.3, -0.25) is 4.79 Å². The van der Waals surface area contributed by atoms with Crippen LogP contribution >= 0.6 is 0 Å². The molecule has 3 nitrogen and oxygen atoms in total. The average Bonchev–Trinajstić information content (AvgIpc) is 2.45. The van der Waals surface area contributed by atoms with Gasteiger partial charge in [-0.1, -0.05) is 39.3 Å². The van der Waals surface area contributed by atoms with E-state index in [-0.39, 0.29) is 17.4 Å². The lowest BCUT2D eigenvalue weighted by Gasteiger charge is -2.27. The lowest BCUT2D eigenvalue weighted by Crippen LogP contribution is -2.35. The largest absolute Gasteiger partial charge is 0.497 e. The molecule has 0 fully saturated rings. The average molecular weight is 291 g/mol. The normalized spacial score (nSPS) is 12.8. The molecule has 0 aliphatic heterocycles. The summed E-state index contributed by atoms with van der Waals surface area (Å²) in [6.45, 7) is 8.76. The van der Waals surface area contributed by atoms with Crippen LogP contribution in [-0.2, 0) is 11.2 Å². The first-order valence-electron chi connectivity index (χ1n) is 7.78. The van der Waals surface area contributed by atoms with Gasteiger partial charge in [-0.05, 0) is 42.9 Å². The van der Waals surface area contributed by atoms with E-state index in [0.29, 0.717) is 6.42 Å². The minimum absolute atomic E-state index is 0.130. The van der Waals surface area contributed by atoms with E-state index in [9.17, 15) is 4.79 Å². The number of ether oxygens (including phenoxy) is 1. The maximum Gasteiger partial charge on any atom is 0.220 e. The van der Waals surface area contributed by atoms with E-state index in [2.05, 4.69) is 33.0 Å². The molecule has 0 saturated carbocycles. The Bertz CT molecular complexity index is 437. The summed E-state index contributed by atoms with van der Waals surface area (Å²) < 4.78 is 5.13. The third-order valence-corrected chi connectivity index (χ3v) is 4.02. The highest BCUT2D eigenvalue weighted by Crippen LogP contribution is 2.25. The zero-order valence-corrected chi connectivity index (χ0v) is 14.0. The summed E-state index contributed by atoms with van der Waals surface area (Å²) in [4.78, 5) is 12.0. The van der Waals surface area contributed by atoms with Crippen molar-refractivity contribution in [2.75, 3.05) is 7.11 Å². The minimum Gasteiger partial charge on any atom is -0.497 e. The molecule has 1 N–H and O–H groups in total. The first-order valence-corrected chi connectivity index (χ1v) is 7.78. The van der Waals surface area contributed by atoms with E-state index in [4.69, 9.17) is 4.74 Å². The number of aryl methyl sites for hydroxylation is 1. The molecule has 3 heteroatoms. The van der Waals surface area contributed by atoms with Crippen LogP contribution in [0.15, 0.2) is 24.3 Å². The zero-order valence-electron chi connectivity index (χ0n) is 14.0. The molecule has 1 rings (SSSR count). The van der Waals surface area contributed by atoms with Crippen molar-refractivity contribution >= 4 is 5.91 Å². The monoisotopic (exact) mass is 291 g/mol. The molecule has 118 valence electrons. The highest BCUT2D eigenvalue weighted by molar-refractivity contribution is 5.76. The fraction of sp³-hybridized carbons (Fsp3) is 0.611. The molecule has 0 spiro atoms. The van der Waals surface area contributed by atoms with Crippen molar-refractivity contribution in [2.45, 2.75) is 59.4 Å². The second kappa shape index (κ2) is 8.06. The maximum atomic E-state index is 12.0. The van der Waals surface area contributed by atoms with Crippen molar-refractivity contribution in [1.29, 1.82) is 0 Å². The molecule has 0 aliphatic rings. The number of methoxy groups -OCH3 is 1. The Labute approximate surface area is 129 Å². The molecule has 0 radical (unpaired) electrons. The lowest BCUT2D eigenvalue weighted by molar-refractivity contribution is -0.121. The third-order valence-electron chi connectivity index (χ3n) is 4.02. The Morgan fingerprint density at radius 3 is 2.43 bits per heavy atom. The van der Waals surface area contributed by atoms with Gasteiger partial charge in [0, 0.05) is 12.5 Å². The first kappa shape index (κ1) is 17.5. The van der Waals surface area contributed by atoms with Gasteiger partial charge in [0.2, 0.25) is 5.91 Å². The summed E-state index contributed by atoms with van der Waals surface area (Å²) in [5.41, 5.74) is 1.44. The van der Waals surface area contributed by atoms with Gasteiger partial charge in [-0.25, -0.2) is 0 Å². The molecular weight excluding hydrogens is 262 g/mol. The van der Waals surface area contributed by atoms with Gasteiger partial charge >= 0.3 is 0 Å². The summed E-state index contributed by atoms with van der Waals surface area (Å²) in [5, 5.41) is 3.10. The highest BCUT2D eigenvalue weighted by Gasteiger charge is 2.19. The zero-order chi connectivity index (χ0) is 15.9. The Hall–Kier alpha value is -1.51. The number of amides is 1. The van der Waals surface area contributed by atoms with Crippen LogP contribution in [0.25, 0.3) is 0 Å². The number of rotatable bonds is 8. The van der Waals surface area contributed by atoms with E-state index in [0.717, 1.165) is 30.6 Å². The third kappa shape index (κ3) is 6.65. The Morgan fingerprint density at radius 2 is 1.90 bits per heavy atom. The quantitative estimate of drug-likeness (QED) is 0.787. The van der Waals surface area contributed by atoms with E-state index in [1.165, 1.54) is 0 Å². The number of hydrogen-bond acceptors (Lipinski definition) is 2. The molecule has 21 heavy (non-hydrogen) atoms. The molecular formula is C18H29NO2. The molecule has 1 unspecified atom stereocenters. The summed E-state index contributed by atoms with van der Waals surface area (Å²) in [7, 11) is 1.65. The van der Waals surface area contributed by atoms with Crippen molar-refractivity contribution in [3.8, 4) is 5.75 Å². The number of nitrogens with one attached hydrogen (secondary N) is 1. The van der Waals surface area contributed by atoms with Crippen molar-refractivity contribution in [2.24, 2.45) is 5.41 Å². The number of carbonyl (C=O) groups is 1. The summed E-state index contributed by atoms with van der Waals surface area (Å²) in [6.07, 6.45) is 3.43. The molecule has 0 saturated heterocycles. The minimum atomic E-state index is 0.130. The van der Waals surface area contributed by atoms with E-state index in [1.807, 2.05) is 24.3 Å². The highest BCUT2D eigenvalue weighted by atomic mass is 16.5. The van der Waals surface area contributed by atoms with Gasteiger partial charge in [-0.2, -0.15) is 0 Å². The Kier molecular flexibility index (Phi) is 6.73.